The second-order valence-electron chi connectivity index (χ2n) is 6.54. The molecule has 6 nitrogen and oxygen atoms in total. The minimum absolute atomic E-state index is 0.0798. The van der Waals surface area contributed by atoms with E-state index >= 15 is 0 Å². The average Bonchev–Trinajstić information content (AvgIpc) is 3.19. The van der Waals surface area contributed by atoms with Crippen molar-refractivity contribution < 1.29 is 14.3 Å². The molecule has 1 unspecified atom stereocenters. The number of aromatic nitrogens is 2. The normalized spacial score (nSPS) is 11.7. The molecule has 0 saturated carbocycles. The molecule has 3 rings (SSSR count). The van der Waals surface area contributed by atoms with Gasteiger partial charge in [0.05, 0.1) is 25.6 Å². The Balaban J connectivity index is 2.03. The molecule has 28 heavy (non-hydrogen) atoms. The van der Waals surface area contributed by atoms with Crippen LogP contribution in [-0.4, -0.2) is 35.9 Å². The van der Waals surface area contributed by atoms with E-state index in [4.69, 9.17) is 14.6 Å². The molecule has 0 spiro atoms. The lowest BCUT2D eigenvalue weighted by Gasteiger charge is -2.12. The van der Waals surface area contributed by atoms with Crippen LogP contribution in [0.1, 0.15) is 30.8 Å². The van der Waals surface area contributed by atoms with E-state index < -0.39 is 0 Å². The van der Waals surface area contributed by atoms with E-state index in [-0.39, 0.29) is 11.9 Å². The number of hydrogen-bond acceptors (Lipinski definition) is 4. The van der Waals surface area contributed by atoms with E-state index in [9.17, 15) is 4.79 Å². The van der Waals surface area contributed by atoms with Crippen molar-refractivity contribution >= 4 is 5.91 Å². The first kappa shape index (κ1) is 19.5. The standard InChI is InChI=1S/C22H25N3O3/c1-5-15(2)23-22(26)21-14-20(16-6-10-18(27-3)11-7-16)24-25(21)17-8-12-19(28-4)13-9-17/h6-15H,5H2,1-4H3,(H,23,26). The van der Waals surface area contributed by atoms with Crippen molar-refractivity contribution in [3.63, 3.8) is 0 Å². The molecule has 2 aromatic carbocycles. The van der Waals surface area contributed by atoms with Crippen molar-refractivity contribution in [1.82, 2.24) is 15.1 Å². The summed E-state index contributed by atoms with van der Waals surface area (Å²) in [6.07, 6.45) is 0.855. The lowest BCUT2D eigenvalue weighted by atomic mass is 10.1. The van der Waals surface area contributed by atoms with Gasteiger partial charge in [0.15, 0.2) is 0 Å². The third kappa shape index (κ3) is 4.17. The highest BCUT2D eigenvalue weighted by Gasteiger charge is 2.19. The van der Waals surface area contributed by atoms with Crippen LogP contribution in [0.5, 0.6) is 11.5 Å². The van der Waals surface area contributed by atoms with Crippen LogP contribution in [0, 0.1) is 0 Å². The molecular formula is C22H25N3O3. The van der Waals surface area contributed by atoms with Gasteiger partial charge in [-0.2, -0.15) is 5.10 Å². The van der Waals surface area contributed by atoms with Crippen LogP contribution in [0.15, 0.2) is 54.6 Å². The molecule has 1 heterocycles. The van der Waals surface area contributed by atoms with Crippen LogP contribution in [0.2, 0.25) is 0 Å². The van der Waals surface area contributed by atoms with E-state index in [1.807, 2.05) is 68.4 Å². The molecule has 1 amide bonds. The van der Waals surface area contributed by atoms with Gasteiger partial charge in [-0.25, -0.2) is 4.68 Å². The summed E-state index contributed by atoms with van der Waals surface area (Å²) in [5.74, 6) is 1.36. The predicted molar refractivity (Wildman–Crippen MR) is 109 cm³/mol. The Hall–Kier alpha value is -3.28. The van der Waals surface area contributed by atoms with Crippen molar-refractivity contribution in [2.24, 2.45) is 0 Å². The van der Waals surface area contributed by atoms with Crippen molar-refractivity contribution in [1.29, 1.82) is 0 Å². The number of methoxy groups -OCH3 is 2. The zero-order valence-corrected chi connectivity index (χ0v) is 16.6. The molecule has 0 aliphatic rings. The summed E-state index contributed by atoms with van der Waals surface area (Å²) >= 11 is 0. The van der Waals surface area contributed by atoms with Crippen molar-refractivity contribution in [3.8, 4) is 28.4 Å². The first-order valence-corrected chi connectivity index (χ1v) is 9.25. The van der Waals surface area contributed by atoms with Gasteiger partial charge in [0, 0.05) is 11.6 Å². The Labute approximate surface area is 165 Å². The van der Waals surface area contributed by atoms with Crippen LogP contribution in [0.25, 0.3) is 16.9 Å². The fraction of sp³-hybridized carbons (Fsp3) is 0.273. The summed E-state index contributed by atoms with van der Waals surface area (Å²) in [6.45, 7) is 4.02. The zero-order valence-electron chi connectivity index (χ0n) is 16.6. The molecule has 3 aromatic rings. The second kappa shape index (κ2) is 8.61. The lowest BCUT2D eigenvalue weighted by molar-refractivity contribution is 0.0931. The number of carbonyl (C=O) groups excluding carboxylic acids is 1. The number of rotatable bonds is 7. The minimum Gasteiger partial charge on any atom is -0.497 e. The molecule has 0 bridgehead atoms. The molecule has 0 aliphatic carbocycles. The first-order valence-electron chi connectivity index (χ1n) is 9.25. The molecule has 6 heteroatoms. The predicted octanol–water partition coefficient (Wildman–Crippen LogP) is 4.08. The SMILES string of the molecule is CCC(C)NC(=O)c1cc(-c2ccc(OC)cc2)nn1-c1ccc(OC)cc1. The fourth-order valence-electron chi connectivity index (χ4n) is 2.77. The van der Waals surface area contributed by atoms with Crippen LogP contribution < -0.4 is 14.8 Å². The summed E-state index contributed by atoms with van der Waals surface area (Å²) < 4.78 is 12.1. The summed E-state index contributed by atoms with van der Waals surface area (Å²) in [6, 6.07) is 16.9. The quantitative estimate of drug-likeness (QED) is 0.672. The Morgan fingerprint density at radius 2 is 1.61 bits per heavy atom. The summed E-state index contributed by atoms with van der Waals surface area (Å²) in [5, 5.41) is 7.71. The lowest BCUT2D eigenvalue weighted by Crippen LogP contribution is -2.33. The monoisotopic (exact) mass is 379 g/mol. The van der Waals surface area contributed by atoms with Crippen molar-refractivity contribution in [3.05, 3.63) is 60.3 Å². The number of hydrogen-bond donors (Lipinski definition) is 1. The van der Waals surface area contributed by atoms with E-state index in [0.29, 0.717) is 11.4 Å². The smallest absolute Gasteiger partial charge is 0.270 e. The third-order valence-electron chi connectivity index (χ3n) is 4.63. The van der Waals surface area contributed by atoms with Gasteiger partial charge in [-0.05, 0) is 67.9 Å². The zero-order chi connectivity index (χ0) is 20.1. The second-order valence-corrected chi connectivity index (χ2v) is 6.54. The Kier molecular flexibility index (Phi) is 5.99. The summed E-state index contributed by atoms with van der Waals surface area (Å²) in [5.41, 5.74) is 2.89. The highest BCUT2D eigenvalue weighted by atomic mass is 16.5. The molecule has 0 fully saturated rings. The molecule has 146 valence electrons. The number of ether oxygens (including phenoxy) is 2. The van der Waals surface area contributed by atoms with Crippen LogP contribution >= 0.6 is 0 Å². The molecular weight excluding hydrogens is 354 g/mol. The molecule has 1 atom stereocenters. The summed E-state index contributed by atoms with van der Waals surface area (Å²) in [7, 11) is 3.25. The first-order chi connectivity index (χ1) is 13.5. The fourth-order valence-corrected chi connectivity index (χ4v) is 2.77. The molecule has 0 saturated heterocycles. The molecule has 0 aliphatic heterocycles. The Morgan fingerprint density at radius 3 is 2.14 bits per heavy atom. The maximum absolute atomic E-state index is 12.9. The van der Waals surface area contributed by atoms with Gasteiger partial charge in [-0.1, -0.05) is 6.92 Å². The third-order valence-corrected chi connectivity index (χ3v) is 4.63. The highest BCUT2D eigenvalue weighted by molar-refractivity contribution is 5.94. The average molecular weight is 379 g/mol. The molecule has 0 radical (unpaired) electrons. The molecule has 1 aromatic heterocycles. The van der Waals surface area contributed by atoms with E-state index in [2.05, 4.69) is 5.32 Å². The Bertz CT molecular complexity index is 931. The van der Waals surface area contributed by atoms with Gasteiger partial charge in [-0.15, -0.1) is 0 Å². The van der Waals surface area contributed by atoms with E-state index in [1.54, 1.807) is 18.9 Å². The number of carbonyl (C=O) groups is 1. The topological polar surface area (TPSA) is 65.4 Å². The van der Waals surface area contributed by atoms with Crippen molar-refractivity contribution in [2.45, 2.75) is 26.3 Å². The number of nitrogens with zero attached hydrogens (tertiary/aromatic N) is 2. The van der Waals surface area contributed by atoms with Gasteiger partial charge < -0.3 is 14.8 Å². The largest absolute Gasteiger partial charge is 0.497 e. The van der Waals surface area contributed by atoms with Gasteiger partial charge in [0.1, 0.15) is 17.2 Å². The van der Waals surface area contributed by atoms with Crippen LogP contribution in [0.4, 0.5) is 0 Å². The van der Waals surface area contributed by atoms with E-state index in [0.717, 1.165) is 29.2 Å². The van der Waals surface area contributed by atoms with Gasteiger partial charge >= 0.3 is 0 Å². The minimum atomic E-state index is -0.155. The molecule has 1 N–H and O–H groups in total. The van der Waals surface area contributed by atoms with Gasteiger partial charge in [0.2, 0.25) is 0 Å². The maximum Gasteiger partial charge on any atom is 0.270 e. The van der Waals surface area contributed by atoms with Gasteiger partial charge in [0.25, 0.3) is 5.91 Å². The number of nitrogens with one attached hydrogen (secondary N) is 1. The van der Waals surface area contributed by atoms with Crippen molar-refractivity contribution in [2.75, 3.05) is 14.2 Å². The van der Waals surface area contributed by atoms with Crippen LogP contribution in [0.3, 0.4) is 0 Å². The number of amides is 1. The summed E-state index contributed by atoms with van der Waals surface area (Å²) in [4.78, 5) is 12.9. The maximum atomic E-state index is 12.9. The Morgan fingerprint density at radius 1 is 1.04 bits per heavy atom. The number of benzene rings is 2. The van der Waals surface area contributed by atoms with Crippen LogP contribution in [-0.2, 0) is 0 Å². The van der Waals surface area contributed by atoms with E-state index in [1.165, 1.54) is 0 Å². The highest BCUT2D eigenvalue weighted by Crippen LogP contribution is 2.25. The van der Waals surface area contributed by atoms with Gasteiger partial charge in [-0.3, -0.25) is 4.79 Å².